The number of guanidine groups is 1. The summed E-state index contributed by atoms with van der Waals surface area (Å²) in [6.07, 6.45) is 9.43. The van der Waals surface area contributed by atoms with Gasteiger partial charge in [0.1, 0.15) is 0 Å². The van der Waals surface area contributed by atoms with Gasteiger partial charge in [0.15, 0.2) is 5.96 Å². The van der Waals surface area contributed by atoms with Crippen molar-refractivity contribution in [1.29, 1.82) is 0 Å². The van der Waals surface area contributed by atoms with Crippen LogP contribution in [0.2, 0.25) is 0 Å². The van der Waals surface area contributed by atoms with E-state index in [2.05, 4.69) is 28.1 Å². The summed E-state index contributed by atoms with van der Waals surface area (Å²) in [6, 6.07) is 0.610. The summed E-state index contributed by atoms with van der Waals surface area (Å²) >= 11 is 3.89. The molecule has 0 aliphatic heterocycles. The maximum Gasteiger partial charge on any atom is 0.191 e. The van der Waals surface area contributed by atoms with E-state index in [-0.39, 0.29) is 24.0 Å². The van der Waals surface area contributed by atoms with E-state index in [1.165, 1.54) is 31.4 Å². The van der Waals surface area contributed by atoms with Crippen molar-refractivity contribution in [3.05, 3.63) is 0 Å². The summed E-state index contributed by atoms with van der Waals surface area (Å²) in [4.78, 5) is 4.28. The van der Waals surface area contributed by atoms with Gasteiger partial charge in [0, 0.05) is 24.9 Å². The number of nitrogens with zero attached hydrogens (tertiary/aromatic N) is 1. The molecule has 1 fully saturated rings. The topological polar surface area (TPSA) is 36.4 Å². The normalized spacial score (nSPS) is 23.6. The Morgan fingerprint density at radius 3 is 2.67 bits per heavy atom. The van der Waals surface area contributed by atoms with Crippen molar-refractivity contribution >= 4 is 53.5 Å². The quantitative estimate of drug-likeness (QED) is 0.310. The molecule has 0 heterocycles. The molecule has 3 nitrogen and oxygen atoms in total. The Balaban J connectivity index is 0.00000289. The molecule has 1 aliphatic carbocycles. The highest BCUT2D eigenvalue weighted by atomic mass is 127. The first-order valence-electron chi connectivity index (χ1n) is 6.29. The number of hydrogen-bond acceptors (Lipinski definition) is 3. The van der Waals surface area contributed by atoms with E-state index in [1.807, 2.05) is 30.6 Å². The molecule has 0 saturated heterocycles. The average molecular weight is 403 g/mol. The number of hydrogen-bond donors (Lipinski definition) is 2. The van der Waals surface area contributed by atoms with Crippen molar-refractivity contribution in [3.8, 4) is 0 Å². The Hall–Kier alpha value is 0.700. The number of halogens is 1. The van der Waals surface area contributed by atoms with Crippen molar-refractivity contribution in [3.63, 3.8) is 0 Å². The molecule has 0 spiro atoms. The molecule has 2 unspecified atom stereocenters. The third-order valence-corrected chi connectivity index (χ3v) is 4.89. The molecule has 2 N–H and O–H groups in total. The summed E-state index contributed by atoms with van der Waals surface area (Å²) in [5, 5.41) is 7.74. The Labute approximate surface area is 137 Å². The summed E-state index contributed by atoms with van der Waals surface area (Å²) in [6.45, 7) is 1.01. The SMILES string of the molecule is CN=C(NCCCSC)NC1CCC(SC)C1.I. The predicted molar refractivity (Wildman–Crippen MR) is 97.9 cm³/mol. The Kier molecular flexibility index (Phi) is 12.0. The molecule has 0 aromatic rings. The van der Waals surface area contributed by atoms with Gasteiger partial charge in [-0.15, -0.1) is 24.0 Å². The van der Waals surface area contributed by atoms with Crippen LogP contribution in [-0.4, -0.2) is 49.1 Å². The van der Waals surface area contributed by atoms with Crippen molar-refractivity contribution in [1.82, 2.24) is 10.6 Å². The molecule has 0 bridgehead atoms. The van der Waals surface area contributed by atoms with E-state index in [4.69, 9.17) is 0 Å². The highest BCUT2D eigenvalue weighted by molar-refractivity contribution is 14.0. The standard InChI is InChI=1S/C12H25N3S2.HI/c1-13-12(14-7-4-8-16-2)15-10-5-6-11(9-10)17-3;/h10-11H,4-9H2,1-3H3,(H2,13,14,15);1H. The Morgan fingerprint density at radius 1 is 1.33 bits per heavy atom. The first kappa shape index (κ1) is 18.7. The van der Waals surface area contributed by atoms with Gasteiger partial charge in [-0.1, -0.05) is 0 Å². The van der Waals surface area contributed by atoms with E-state index >= 15 is 0 Å². The van der Waals surface area contributed by atoms with Crippen LogP contribution in [0.4, 0.5) is 0 Å². The molecule has 0 radical (unpaired) electrons. The van der Waals surface area contributed by atoms with Gasteiger partial charge < -0.3 is 10.6 Å². The van der Waals surface area contributed by atoms with E-state index < -0.39 is 0 Å². The molecular weight excluding hydrogens is 377 g/mol. The smallest absolute Gasteiger partial charge is 0.191 e. The second-order valence-corrected chi connectivity index (χ2v) is 6.48. The largest absolute Gasteiger partial charge is 0.356 e. The van der Waals surface area contributed by atoms with Gasteiger partial charge in [0.25, 0.3) is 0 Å². The van der Waals surface area contributed by atoms with Crippen LogP contribution in [0.3, 0.4) is 0 Å². The zero-order chi connectivity index (χ0) is 12.5. The highest BCUT2D eigenvalue weighted by Gasteiger charge is 2.24. The zero-order valence-electron chi connectivity index (χ0n) is 11.6. The van der Waals surface area contributed by atoms with Crippen LogP contribution in [0.5, 0.6) is 0 Å². The van der Waals surface area contributed by atoms with Gasteiger partial charge in [-0.25, -0.2) is 0 Å². The van der Waals surface area contributed by atoms with Crippen molar-refractivity contribution in [2.45, 2.75) is 37.0 Å². The highest BCUT2D eigenvalue weighted by Crippen LogP contribution is 2.27. The maximum atomic E-state index is 4.28. The second-order valence-electron chi connectivity index (χ2n) is 4.36. The molecule has 1 saturated carbocycles. The van der Waals surface area contributed by atoms with Crippen molar-refractivity contribution < 1.29 is 0 Å². The molecule has 2 atom stereocenters. The van der Waals surface area contributed by atoms with Crippen LogP contribution in [0.25, 0.3) is 0 Å². The van der Waals surface area contributed by atoms with E-state index in [9.17, 15) is 0 Å². The lowest BCUT2D eigenvalue weighted by Gasteiger charge is -2.17. The summed E-state index contributed by atoms with van der Waals surface area (Å²) in [5.74, 6) is 2.18. The first-order chi connectivity index (χ1) is 8.30. The van der Waals surface area contributed by atoms with E-state index in [0.29, 0.717) is 6.04 Å². The predicted octanol–water partition coefficient (Wildman–Crippen LogP) is 2.81. The number of thioether (sulfide) groups is 2. The first-order valence-corrected chi connectivity index (χ1v) is 8.97. The molecule has 108 valence electrons. The van der Waals surface area contributed by atoms with E-state index in [0.717, 1.165) is 17.8 Å². The van der Waals surface area contributed by atoms with Crippen molar-refractivity contribution in [2.75, 3.05) is 31.9 Å². The third kappa shape index (κ3) is 7.33. The van der Waals surface area contributed by atoms with Crippen LogP contribution in [0.1, 0.15) is 25.7 Å². The molecule has 1 aliphatic rings. The fourth-order valence-electron chi connectivity index (χ4n) is 2.10. The number of nitrogens with one attached hydrogen (secondary N) is 2. The minimum Gasteiger partial charge on any atom is -0.356 e. The zero-order valence-corrected chi connectivity index (χ0v) is 15.5. The van der Waals surface area contributed by atoms with Crippen LogP contribution >= 0.6 is 47.5 Å². The molecule has 1 rings (SSSR count). The molecule has 0 aromatic heterocycles. The lowest BCUT2D eigenvalue weighted by Crippen LogP contribution is -2.42. The molecule has 6 heteroatoms. The van der Waals surface area contributed by atoms with Crippen LogP contribution in [0.15, 0.2) is 4.99 Å². The minimum absolute atomic E-state index is 0. The lowest BCUT2D eigenvalue weighted by atomic mass is 10.2. The average Bonchev–Trinajstić information content (AvgIpc) is 2.80. The summed E-state index contributed by atoms with van der Waals surface area (Å²) in [5.41, 5.74) is 0. The lowest BCUT2D eigenvalue weighted by molar-refractivity contribution is 0.614. The maximum absolute atomic E-state index is 4.28. The van der Waals surface area contributed by atoms with E-state index in [1.54, 1.807) is 0 Å². The van der Waals surface area contributed by atoms with Crippen LogP contribution in [-0.2, 0) is 0 Å². The molecule has 18 heavy (non-hydrogen) atoms. The fraction of sp³-hybridized carbons (Fsp3) is 0.917. The summed E-state index contributed by atoms with van der Waals surface area (Å²) in [7, 11) is 1.85. The number of rotatable bonds is 6. The van der Waals surface area contributed by atoms with Crippen molar-refractivity contribution in [2.24, 2.45) is 4.99 Å². The summed E-state index contributed by atoms with van der Waals surface area (Å²) < 4.78 is 0. The van der Waals surface area contributed by atoms with Crippen LogP contribution in [0, 0.1) is 0 Å². The van der Waals surface area contributed by atoms with Crippen LogP contribution < -0.4 is 10.6 Å². The third-order valence-electron chi connectivity index (χ3n) is 3.10. The fourth-order valence-corrected chi connectivity index (χ4v) is 3.33. The van der Waals surface area contributed by atoms with Gasteiger partial charge in [-0.3, -0.25) is 4.99 Å². The molecular formula is C12H26IN3S2. The van der Waals surface area contributed by atoms with Gasteiger partial charge >= 0.3 is 0 Å². The molecule has 0 aromatic carbocycles. The molecule has 0 amide bonds. The monoisotopic (exact) mass is 403 g/mol. The Morgan fingerprint density at radius 2 is 2.11 bits per heavy atom. The second kappa shape index (κ2) is 11.5. The van der Waals surface area contributed by atoms with Gasteiger partial charge in [-0.05, 0) is 43.9 Å². The number of aliphatic imine (C=N–C) groups is 1. The minimum atomic E-state index is 0. The van der Waals surface area contributed by atoms with Gasteiger partial charge in [0.2, 0.25) is 0 Å². The van der Waals surface area contributed by atoms with Gasteiger partial charge in [-0.2, -0.15) is 23.5 Å². The van der Waals surface area contributed by atoms with Gasteiger partial charge in [0.05, 0.1) is 0 Å². The Bertz CT molecular complexity index is 239.